The number of rotatable bonds is 2. The summed E-state index contributed by atoms with van der Waals surface area (Å²) in [5.74, 6) is 0. The monoisotopic (exact) mass is 345 g/mol. The largest absolute Gasteiger partial charge is 0.598 e. The van der Waals surface area contributed by atoms with Crippen molar-refractivity contribution in [3.8, 4) is 0 Å². The third-order valence-electron chi connectivity index (χ3n) is 2.01. The second-order valence-electron chi connectivity index (χ2n) is 3.61. The van der Waals surface area contributed by atoms with E-state index >= 15 is 0 Å². The average Bonchev–Trinajstić information content (AvgIpc) is 2.24. The lowest BCUT2D eigenvalue weighted by Gasteiger charge is -2.17. The number of halogens is 9. The van der Waals surface area contributed by atoms with Gasteiger partial charge >= 0.3 is 17.9 Å². The lowest BCUT2D eigenvalue weighted by Crippen LogP contribution is -2.30. The summed E-state index contributed by atoms with van der Waals surface area (Å²) in [6, 6.07) is -0.264. The molecule has 1 aromatic carbocycles. The van der Waals surface area contributed by atoms with E-state index in [-0.39, 0.29) is 18.2 Å². The zero-order valence-corrected chi connectivity index (χ0v) is 10.3. The summed E-state index contributed by atoms with van der Waals surface area (Å²) in [5.41, 5.74) is -10.2. The summed E-state index contributed by atoms with van der Waals surface area (Å²) in [5, 5.41) is 0. The number of anilines is 1. The Kier molecular flexibility index (Phi) is 4.63. The van der Waals surface area contributed by atoms with E-state index in [0.717, 1.165) is 4.72 Å². The van der Waals surface area contributed by atoms with Gasteiger partial charge in [0.1, 0.15) is 0 Å². The number of alkyl halides is 9. The zero-order valence-electron chi connectivity index (χ0n) is 9.45. The summed E-state index contributed by atoms with van der Waals surface area (Å²) in [6.07, 6.45) is -10.4. The van der Waals surface area contributed by atoms with Gasteiger partial charge in [0, 0.05) is 0 Å². The van der Waals surface area contributed by atoms with Crippen LogP contribution in [-0.2, 0) is 23.7 Å². The molecule has 0 aliphatic rings. The minimum atomic E-state index is -5.34. The molecule has 0 aliphatic carbocycles. The van der Waals surface area contributed by atoms with Crippen LogP contribution in [0, 0.1) is 0 Å². The van der Waals surface area contributed by atoms with Gasteiger partial charge in [-0.15, -0.1) is 13.2 Å². The summed E-state index contributed by atoms with van der Waals surface area (Å²) < 4.78 is 122. The Labute approximate surface area is 114 Å². The first-order valence-electron chi connectivity index (χ1n) is 4.76. The lowest BCUT2D eigenvalue weighted by molar-refractivity contribution is -0.143. The van der Waals surface area contributed by atoms with E-state index in [0.29, 0.717) is 0 Å². The van der Waals surface area contributed by atoms with Gasteiger partial charge in [-0.05, 0) is 18.2 Å². The molecule has 1 atom stereocenters. The first kappa shape index (κ1) is 17.8. The minimum absolute atomic E-state index is 0.00111. The molecule has 0 saturated carbocycles. The standard InChI is InChI=1S/C9H4F9NOS/c10-7(11,12)4-1-5(8(13,14)15)3-6(2-4)19-21(20)9(16,17)18/h1-3,19H. The predicted octanol–water partition coefficient (Wildman–Crippen LogP) is 4.32. The Morgan fingerprint density at radius 3 is 1.43 bits per heavy atom. The zero-order chi connectivity index (χ0) is 16.6. The molecule has 0 radical (unpaired) electrons. The van der Waals surface area contributed by atoms with Gasteiger partial charge in [0.15, 0.2) is 11.4 Å². The fraction of sp³-hybridized carbons (Fsp3) is 0.333. The van der Waals surface area contributed by atoms with Crippen molar-refractivity contribution in [3.63, 3.8) is 0 Å². The second kappa shape index (κ2) is 5.48. The Morgan fingerprint density at radius 1 is 0.762 bits per heavy atom. The second-order valence-corrected chi connectivity index (χ2v) is 4.82. The summed E-state index contributed by atoms with van der Waals surface area (Å²) in [6.45, 7) is 0. The van der Waals surface area contributed by atoms with Gasteiger partial charge in [-0.3, -0.25) is 0 Å². The van der Waals surface area contributed by atoms with Crippen LogP contribution in [0.5, 0.6) is 0 Å². The highest BCUT2D eigenvalue weighted by Crippen LogP contribution is 2.38. The fourth-order valence-electron chi connectivity index (χ4n) is 1.18. The molecule has 1 N–H and O–H groups in total. The van der Waals surface area contributed by atoms with E-state index in [1.165, 1.54) is 0 Å². The molecule has 0 amide bonds. The molecule has 1 rings (SSSR count). The Balaban J connectivity index is 3.27. The lowest BCUT2D eigenvalue weighted by atomic mass is 10.1. The van der Waals surface area contributed by atoms with Gasteiger partial charge in [0.25, 0.3) is 0 Å². The number of hydrogen-bond acceptors (Lipinski definition) is 2. The first-order chi connectivity index (χ1) is 9.21. The van der Waals surface area contributed by atoms with Crippen LogP contribution in [0.2, 0.25) is 0 Å². The quantitative estimate of drug-likeness (QED) is 0.640. The third kappa shape index (κ3) is 4.88. The molecule has 0 bridgehead atoms. The van der Waals surface area contributed by atoms with E-state index in [9.17, 15) is 44.1 Å². The van der Waals surface area contributed by atoms with Crippen LogP contribution in [0.3, 0.4) is 0 Å². The van der Waals surface area contributed by atoms with E-state index in [2.05, 4.69) is 0 Å². The molecular formula is C9H4F9NOS. The first-order valence-corrected chi connectivity index (χ1v) is 5.91. The van der Waals surface area contributed by atoms with Crippen molar-refractivity contribution in [3.05, 3.63) is 29.3 Å². The maximum absolute atomic E-state index is 12.4. The van der Waals surface area contributed by atoms with E-state index in [4.69, 9.17) is 0 Å². The minimum Gasteiger partial charge on any atom is -0.586 e. The smallest absolute Gasteiger partial charge is 0.586 e. The highest BCUT2D eigenvalue weighted by molar-refractivity contribution is 7.93. The van der Waals surface area contributed by atoms with Crippen molar-refractivity contribution in [2.24, 2.45) is 0 Å². The van der Waals surface area contributed by atoms with Crippen molar-refractivity contribution >= 4 is 17.0 Å². The summed E-state index contributed by atoms with van der Waals surface area (Å²) >= 11 is -3.84. The molecule has 120 valence electrons. The molecule has 0 aromatic heterocycles. The van der Waals surface area contributed by atoms with Crippen molar-refractivity contribution in [1.29, 1.82) is 0 Å². The van der Waals surface area contributed by atoms with Gasteiger partial charge in [0.2, 0.25) is 0 Å². The molecule has 2 nitrogen and oxygen atoms in total. The highest BCUT2D eigenvalue weighted by Gasteiger charge is 2.46. The summed E-state index contributed by atoms with van der Waals surface area (Å²) in [4.78, 5) is 0. The molecule has 1 aromatic rings. The van der Waals surface area contributed by atoms with Gasteiger partial charge in [-0.2, -0.15) is 26.3 Å². The topological polar surface area (TPSA) is 35.1 Å². The number of hydrogen-bond donors (Lipinski definition) is 1. The highest BCUT2D eigenvalue weighted by atomic mass is 32.2. The fourth-order valence-corrected chi connectivity index (χ4v) is 1.63. The molecule has 21 heavy (non-hydrogen) atoms. The van der Waals surface area contributed by atoms with Gasteiger partial charge in [-0.1, -0.05) is 0 Å². The molecular weight excluding hydrogens is 341 g/mol. The van der Waals surface area contributed by atoms with Gasteiger partial charge < -0.3 is 4.55 Å². The number of nitrogens with one attached hydrogen (secondary N) is 1. The van der Waals surface area contributed by atoms with Crippen molar-refractivity contribution < 1.29 is 44.1 Å². The maximum atomic E-state index is 12.4. The molecule has 0 heterocycles. The van der Waals surface area contributed by atoms with Gasteiger partial charge in [0.05, 0.1) is 16.8 Å². The van der Waals surface area contributed by atoms with Crippen LogP contribution in [0.4, 0.5) is 45.2 Å². The van der Waals surface area contributed by atoms with E-state index in [1.54, 1.807) is 0 Å². The van der Waals surface area contributed by atoms with E-state index in [1.807, 2.05) is 0 Å². The molecule has 12 heteroatoms. The van der Waals surface area contributed by atoms with Crippen molar-refractivity contribution in [2.75, 3.05) is 4.72 Å². The van der Waals surface area contributed by atoms with Crippen molar-refractivity contribution in [2.45, 2.75) is 17.9 Å². The molecule has 1 unspecified atom stereocenters. The Hall–Kier alpha value is -1.30. The maximum Gasteiger partial charge on any atom is 0.598 e. The average molecular weight is 345 g/mol. The van der Waals surface area contributed by atoms with Gasteiger partial charge in [-0.25, -0.2) is 4.72 Å². The van der Waals surface area contributed by atoms with Crippen LogP contribution in [-0.4, -0.2) is 10.1 Å². The van der Waals surface area contributed by atoms with Crippen molar-refractivity contribution in [1.82, 2.24) is 0 Å². The van der Waals surface area contributed by atoms with Crippen LogP contribution in [0.25, 0.3) is 0 Å². The SMILES string of the molecule is [O-][S+](Nc1cc(C(F)(F)F)cc(C(F)(F)F)c1)C(F)(F)F. The van der Waals surface area contributed by atoms with Crippen LogP contribution >= 0.6 is 0 Å². The summed E-state index contributed by atoms with van der Waals surface area (Å²) in [7, 11) is 0. The molecule has 0 fully saturated rings. The van der Waals surface area contributed by atoms with Crippen LogP contribution in [0.15, 0.2) is 18.2 Å². The number of benzene rings is 1. The Bertz CT molecular complexity index is 475. The van der Waals surface area contributed by atoms with Crippen LogP contribution < -0.4 is 4.72 Å². The molecule has 0 spiro atoms. The van der Waals surface area contributed by atoms with E-state index < -0.39 is 46.0 Å². The van der Waals surface area contributed by atoms with Crippen LogP contribution in [0.1, 0.15) is 11.1 Å². The predicted molar refractivity (Wildman–Crippen MR) is 54.3 cm³/mol. The Morgan fingerprint density at radius 2 is 1.14 bits per heavy atom. The normalized spacial score (nSPS) is 15.0. The molecule has 0 saturated heterocycles. The molecule has 0 aliphatic heterocycles. The third-order valence-corrected chi connectivity index (χ3v) is 2.85.